The maximum Gasteiger partial charge on any atom is 0.224 e. The highest BCUT2D eigenvalue weighted by molar-refractivity contribution is 7.91. The quantitative estimate of drug-likeness (QED) is 0.754. The molecule has 0 unspecified atom stereocenters. The summed E-state index contributed by atoms with van der Waals surface area (Å²) in [5.41, 5.74) is 1.11. The van der Waals surface area contributed by atoms with Crippen LogP contribution in [0.2, 0.25) is 0 Å². The van der Waals surface area contributed by atoms with Gasteiger partial charge in [-0.05, 0) is 62.5 Å². The molecule has 3 rings (SSSR count). The zero-order chi connectivity index (χ0) is 21.0. The van der Waals surface area contributed by atoms with E-state index in [-0.39, 0.29) is 27.8 Å². The second-order valence-corrected chi connectivity index (χ2v) is 9.10. The fourth-order valence-corrected chi connectivity index (χ4v) is 4.73. The number of sulfone groups is 1. The molecule has 1 saturated heterocycles. The molecule has 1 aliphatic rings. The monoisotopic (exact) mass is 419 g/mol. The fraction of sp³-hybridized carbons (Fsp3) is 0.381. The van der Waals surface area contributed by atoms with Crippen molar-refractivity contribution in [2.45, 2.75) is 29.6 Å². The predicted octanol–water partition coefficient (Wildman–Crippen LogP) is 3.15. The Morgan fingerprint density at radius 2 is 1.79 bits per heavy atom. The number of halogens is 1. The van der Waals surface area contributed by atoms with Gasteiger partial charge in [0.05, 0.1) is 15.5 Å². The van der Waals surface area contributed by atoms with Crippen molar-refractivity contribution in [3.05, 3.63) is 48.3 Å². The highest BCUT2D eigenvalue weighted by atomic mass is 32.2. The number of nitrogens with one attached hydrogen (secondary N) is 1. The molecule has 0 spiro atoms. The third-order valence-corrected chi connectivity index (χ3v) is 6.88. The van der Waals surface area contributed by atoms with Gasteiger partial charge in [-0.3, -0.25) is 4.79 Å². The standard InChI is InChI=1S/C21H26FN3O3S/c1-3-21(26)23-19-15-17(25-12-4-11-24(2)13-14-25)7-10-20(19)29(27,28)18-8-5-16(22)6-9-18/h5-10,15H,3-4,11-14H2,1-2H3,(H,23,26). The number of carbonyl (C=O) groups excluding carboxylic acids is 1. The average molecular weight is 420 g/mol. The summed E-state index contributed by atoms with van der Waals surface area (Å²) in [5, 5.41) is 2.72. The van der Waals surface area contributed by atoms with Gasteiger partial charge in [-0.15, -0.1) is 0 Å². The lowest BCUT2D eigenvalue weighted by molar-refractivity contribution is -0.115. The average Bonchev–Trinajstić information content (AvgIpc) is 2.92. The number of hydrogen-bond donors (Lipinski definition) is 1. The Morgan fingerprint density at radius 3 is 2.48 bits per heavy atom. The molecular weight excluding hydrogens is 393 g/mol. The second kappa shape index (κ2) is 8.92. The van der Waals surface area contributed by atoms with Gasteiger partial charge < -0.3 is 15.1 Å². The summed E-state index contributed by atoms with van der Waals surface area (Å²) in [7, 11) is -1.83. The van der Waals surface area contributed by atoms with E-state index < -0.39 is 15.7 Å². The van der Waals surface area contributed by atoms with Crippen molar-refractivity contribution in [2.75, 3.05) is 43.4 Å². The normalized spacial score (nSPS) is 15.8. The van der Waals surface area contributed by atoms with Crippen molar-refractivity contribution in [3.8, 4) is 0 Å². The molecule has 1 aliphatic heterocycles. The van der Waals surface area contributed by atoms with E-state index in [4.69, 9.17) is 0 Å². The van der Waals surface area contributed by atoms with Gasteiger partial charge in [0.15, 0.2) is 0 Å². The zero-order valence-electron chi connectivity index (χ0n) is 16.7. The summed E-state index contributed by atoms with van der Waals surface area (Å²) in [6, 6.07) is 9.69. The van der Waals surface area contributed by atoms with Crippen LogP contribution in [0.1, 0.15) is 19.8 Å². The molecule has 0 aliphatic carbocycles. The highest BCUT2D eigenvalue weighted by Gasteiger charge is 2.24. The molecule has 2 aromatic rings. The Kier molecular flexibility index (Phi) is 6.54. The van der Waals surface area contributed by atoms with Gasteiger partial charge in [0.1, 0.15) is 5.82 Å². The number of nitrogens with zero attached hydrogens (tertiary/aromatic N) is 2. The maximum absolute atomic E-state index is 13.2. The van der Waals surface area contributed by atoms with E-state index in [1.807, 2.05) is 0 Å². The molecule has 1 fully saturated rings. The molecule has 1 amide bonds. The number of rotatable bonds is 5. The zero-order valence-corrected chi connectivity index (χ0v) is 17.5. The van der Waals surface area contributed by atoms with E-state index in [1.165, 1.54) is 18.2 Å². The smallest absolute Gasteiger partial charge is 0.224 e. The first kappa shape index (κ1) is 21.3. The Morgan fingerprint density at radius 1 is 1.07 bits per heavy atom. The van der Waals surface area contributed by atoms with E-state index in [0.29, 0.717) is 0 Å². The molecule has 0 saturated carbocycles. The van der Waals surface area contributed by atoms with Gasteiger partial charge >= 0.3 is 0 Å². The summed E-state index contributed by atoms with van der Waals surface area (Å²) in [4.78, 5) is 16.5. The van der Waals surface area contributed by atoms with Crippen molar-refractivity contribution < 1.29 is 17.6 Å². The number of benzene rings is 2. The van der Waals surface area contributed by atoms with Gasteiger partial charge in [0, 0.05) is 31.7 Å². The lowest BCUT2D eigenvalue weighted by Gasteiger charge is -2.24. The number of carbonyl (C=O) groups is 1. The minimum absolute atomic E-state index is 0.00148. The second-order valence-electron chi connectivity index (χ2n) is 7.18. The van der Waals surface area contributed by atoms with Crippen molar-refractivity contribution >= 4 is 27.1 Å². The van der Waals surface area contributed by atoms with Gasteiger partial charge in [-0.1, -0.05) is 6.92 Å². The van der Waals surface area contributed by atoms with E-state index in [2.05, 4.69) is 22.2 Å². The molecule has 1 N–H and O–H groups in total. The van der Waals surface area contributed by atoms with Gasteiger partial charge in [0.2, 0.25) is 15.7 Å². The van der Waals surface area contributed by atoms with Crippen LogP contribution in [0.4, 0.5) is 15.8 Å². The van der Waals surface area contributed by atoms with Crippen molar-refractivity contribution in [1.29, 1.82) is 0 Å². The molecule has 0 aromatic heterocycles. The first-order valence-corrected chi connectivity index (χ1v) is 11.2. The van der Waals surface area contributed by atoms with Gasteiger partial charge in [0.25, 0.3) is 0 Å². The van der Waals surface area contributed by atoms with Gasteiger partial charge in [-0.2, -0.15) is 0 Å². The molecule has 0 radical (unpaired) electrons. The van der Waals surface area contributed by atoms with Crippen LogP contribution in [0.15, 0.2) is 52.3 Å². The summed E-state index contributed by atoms with van der Waals surface area (Å²) >= 11 is 0. The first-order valence-electron chi connectivity index (χ1n) is 9.69. The van der Waals surface area contributed by atoms with Crippen LogP contribution in [-0.4, -0.2) is 52.5 Å². The number of amides is 1. The van der Waals surface area contributed by atoms with Crippen LogP contribution in [0.25, 0.3) is 0 Å². The molecule has 1 heterocycles. The molecule has 2 aromatic carbocycles. The Bertz CT molecular complexity index is 977. The maximum atomic E-state index is 13.2. The van der Waals surface area contributed by atoms with Crippen LogP contribution < -0.4 is 10.2 Å². The summed E-state index contributed by atoms with van der Waals surface area (Å²) in [5.74, 6) is -0.779. The van der Waals surface area contributed by atoms with Crippen LogP contribution in [0, 0.1) is 5.82 Å². The lowest BCUT2D eigenvalue weighted by Crippen LogP contribution is -2.28. The third-order valence-electron chi connectivity index (χ3n) is 5.06. The number of hydrogen-bond acceptors (Lipinski definition) is 5. The van der Waals surface area contributed by atoms with Crippen molar-refractivity contribution in [3.63, 3.8) is 0 Å². The fourth-order valence-electron chi connectivity index (χ4n) is 3.33. The summed E-state index contributed by atoms with van der Waals surface area (Å²) in [6.07, 6.45) is 1.23. The number of likely N-dealkylation sites (N-methyl/N-ethyl adjacent to an activating group) is 1. The summed E-state index contributed by atoms with van der Waals surface area (Å²) in [6.45, 7) is 5.30. The Balaban J connectivity index is 2.02. The Labute approximate surface area is 171 Å². The topological polar surface area (TPSA) is 69.7 Å². The van der Waals surface area contributed by atoms with Crippen LogP contribution in [-0.2, 0) is 14.6 Å². The molecule has 8 heteroatoms. The van der Waals surface area contributed by atoms with Crippen molar-refractivity contribution in [2.24, 2.45) is 0 Å². The predicted molar refractivity (Wildman–Crippen MR) is 112 cm³/mol. The van der Waals surface area contributed by atoms with Crippen molar-refractivity contribution in [1.82, 2.24) is 4.90 Å². The molecular formula is C21H26FN3O3S. The van der Waals surface area contributed by atoms with Crippen LogP contribution in [0.5, 0.6) is 0 Å². The van der Waals surface area contributed by atoms with E-state index in [9.17, 15) is 17.6 Å². The third kappa shape index (κ3) is 4.94. The molecule has 6 nitrogen and oxygen atoms in total. The first-order chi connectivity index (χ1) is 13.8. The van der Waals surface area contributed by atoms with E-state index in [1.54, 1.807) is 19.1 Å². The summed E-state index contributed by atoms with van der Waals surface area (Å²) < 4.78 is 39.5. The molecule has 0 atom stereocenters. The number of anilines is 2. The molecule has 29 heavy (non-hydrogen) atoms. The van der Waals surface area contributed by atoms with E-state index >= 15 is 0 Å². The largest absolute Gasteiger partial charge is 0.370 e. The van der Waals surface area contributed by atoms with Crippen LogP contribution in [0.3, 0.4) is 0 Å². The highest BCUT2D eigenvalue weighted by Crippen LogP contribution is 2.32. The van der Waals surface area contributed by atoms with Gasteiger partial charge in [-0.25, -0.2) is 12.8 Å². The molecule has 156 valence electrons. The lowest BCUT2D eigenvalue weighted by atomic mass is 10.2. The van der Waals surface area contributed by atoms with Crippen LogP contribution >= 0.6 is 0 Å². The minimum atomic E-state index is -3.91. The minimum Gasteiger partial charge on any atom is -0.370 e. The van der Waals surface area contributed by atoms with E-state index in [0.717, 1.165) is 50.4 Å². The SMILES string of the molecule is CCC(=O)Nc1cc(N2CCCN(C)CC2)ccc1S(=O)(=O)c1ccc(F)cc1. The Hall–Kier alpha value is -2.45. The molecule has 0 bridgehead atoms.